The second-order valence-corrected chi connectivity index (χ2v) is 4.45. The molecule has 2 aromatic rings. The zero-order chi connectivity index (χ0) is 12.4. The third-order valence-corrected chi connectivity index (χ3v) is 3.03. The van der Waals surface area contributed by atoms with Gasteiger partial charge in [-0.3, -0.25) is 4.57 Å². The largest absolute Gasteiger partial charge is 0.369 e. The molecule has 0 amide bonds. The molecule has 0 aliphatic carbocycles. The van der Waals surface area contributed by atoms with Crippen molar-refractivity contribution >= 4 is 28.7 Å². The van der Waals surface area contributed by atoms with E-state index in [9.17, 15) is 0 Å². The number of likely N-dealkylation sites (N-methyl/N-ethyl adjacent to an activating group) is 1. The van der Waals surface area contributed by atoms with Crippen LogP contribution in [0.3, 0.4) is 0 Å². The van der Waals surface area contributed by atoms with Gasteiger partial charge in [0.05, 0.1) is 5.02 Å². The zero-order valence-electron chi connectivity index (χ0n) is 10.0. The predicted molar refractivity (Wildman–Crippen MR) is 70.1 cm³/mol. The number of halogens is 1. The van der Waals surface area contributed by atoms with Gasteiger partial charge in [0.1, 0.15) is 5.52 Å². The van der Waals surface area contributed by atoms with E-state index in [1.165, 1.54) is 0 Å². The number of nitrogens with two attached hydrogens (primary N) is 1. The Balaban J connectivity index is 2.30. The molecule has 92 valence electrons. The standard InChI is InChI=1S/C11H16ClN5/c1-3-16(2)4-5-17-10-9(15-11(17)13)6-8(12)7-14-10/h6-7H,3-5H2,1-2H3,(H2,13,15). The molecular weight excluding hydrogens is 238 g/mol. The summed E-state index contributed by atoms with van der Waals surface area (Å²) in [6.07, 6.45) is 1.62. The van der Waals surface area contributed by atoms with Gasteiger partial charge in [0.2, 0.25) is 5.95 Å². The van der Waals surface area contributed by atoms with Crippen LogP contribution in [0.25, 0.3) is 11.2 Å². The summed E-state index contributed by atoms with van der Waals surface area (Å²) in [7, 11) is 2.07. The van der Waals surface area contributed by atoms with E-state index in [-0.39, 0.29) is 0 Å². The van der Waals surface area contributed by atoms with Crippen molar-refractivity contribution in [2.75, 3.05) is 25.9 Å². The number of rotatable bonds is 4. The van der Waals surface area contributed by atoms with Crippen LogP contribution in [0.1, 0.15) is 6.92 Å². The molecule has 0 atom stereocenters. The number of hydrogen-bond donors (Lipinski definition) is 1. The van der Waals surface area contributed by atoms with E-state index >= 15 is 0 Å². The van der Waals surface area contributed by atoms with Crippen molar-refractivity contribution in [3.63, 3.8) is 0 Å². The molecule has 6 heteroatoms. The van der Waals surface area contributed by atoms with Crippen molar-refractivity contribution in [1.29, 1.82) is 0 Å². The lowest BCUT2D eigenvalue weighted by atomic mass is 10.4. The topological polar surface area (TPSA) is 60.0 Å². The van der Waals surface area contributed by atoms with Gasteiger partial charge in [-0.25, -0.2) is 9.97 Å². The highest BCUT2D eigenvalue weighted by atomic mass is 35.5. The van der Waals surface area contributed by atoms with Gasteiger partial charge >= 0.3 is 0 Å². The molecule has 0 spiro atoms. The van der Waals surface area contributed by atoms with Crippen molar-refractivity contribution in [3.8, 4) is 0 Å². The van der Waals surface area contributed by atoms with Crippen molar-refractivity contribution in [2.45, 2.75) is 13.5 Å². The van der Waals surface area contributed by atoms with Gasteiger partial charge < -0.3 is 10.6 Å². The second-order valence-electron chi connectivity index (χ2n) is 4.01. The van der Waals surface area contributed by atoms with Crippen LogP contribution in [0.2, 0.25) is 5.02 Å². The first kappa shape index (κ1) is 12.1. The molecule has 0 saturated carbocycles. The molecule has 0 bridgehead atoms. The van der Waals surface area contributed by atoms with Crippen molar-refractivity contribution in [3.05, 3.63) is 17.3 Å². The fourth-order valence-corrected chi connectivity index (χ4v) is 1.81. The third kappa shape index (κ3) is 2.50. The molecule has 0 saturated heterocycles. The Labute approximate surface area is 105 Å². The molecule has 5 nitrogen and oxygen atoms in total. The van der Waals surface area contributed by atoms with Crippen LogP contribution >= 0.6 is 11.6 Å². The van der Waals surface area contributed by atoms with Crippen LogP contribution < -0.4 is 5.73 Å². The number of aromatic nitrogens is 3. The predicted octanol–water partition coefficient (Wildman–Crippen LogP) is 1.62. The minimum absolute atomic E-state index is 0.485. The van der Waals surface area contributed by atoms with Crippen LogP contribution in [0, 0.1) is 0 Å². The van der Waals surface area contributed by atoms with Crippen molar-refractivity contribution < 1.29 is 0 Å². The Hall–Kier alpha value is -1.33. The fourth-order valence-electron chi connectivity index (χ4n) is 1.65. The quantitative estimate of drug-likeness (QED) is 0.900. The summed E-state index contributed by atoms with van der Waals surface area (Å²) >= 11 is 5.87. The summed E-state index contributed by atoms with van der Waals surface area (Å²) in [5.41, 5.74) is 7.41. The first-order valence-electron chi connectivity index (χ1n) is 5.57. The highest BCUT2D eigenvalue weighted by Gasteiger charge is 2.10. The van der Waals surface area contributed by atoms with Crippen LogP contribution in [0.4, 0.5) is 5.95 Å². The molecule has 0 fully saturated rings. The average molecular weight is 254 g/mol. The van der Waals surface area contributed by atoms with Crippen molar-refractivity contribution in [2.24, 2.45) is 0 Å². The monoisotopic (exact) mass is 253 g/mol. The summed E-state index contributed by atoms with van der Waals surface area (Å²) in [4.78, 5) is 10.7. The first-order valence-corrected chi connectivity index (χ1v) is 5.95. The Morgan fingerprint density at radius 3 is 3.00 bits per heavy atom. The van der Waals surface area contributed by atoms with Crippen LogP contribution in [-0.2, 0) is 6.54 Å². The van der Waals surface area contributed by atoms with Gasteiger partial charge in [0.15, 0.2) is 5.65 Å². The minimum Gasteiger partial charge on any atom is -0.369 e. The minimum atomic E-state index is 0.485. The highest BCUT2D eigenvalue weighted by Crippen LogP contribution is 2.18. The summed E-state index contributed by atoms with van der Waals surface area (Å²) < 4.78 is 1.91. The summed E-state index contributed by atoms with van der Waals surface area (Å²) in [5, 5.41) is 0.577. The van der Waals surface area contributed by atoms with Gasteiger partial charge in [0.25, 0.3) is 0 Å². The number of hydrogen-bond acceptors (Lipinski definition) is 4. The van der Waals surface area contributed by atoms with Gasteiger partial charge in [-0.2, -0.15) is 0 Å². The van der Waals surface area contributed by atoms with E-state index in [1.807, 2.05) is 4.57 Å². The van der Waals surface area contributed by atoms with Gasteiger partial charge in [-0.15, -0.1) is 0 Å². The number of imidazole rings is 1. The lowest BCUT2D eigenvalue weighted by Crippen LogP contribution is -2.23. The number of nitrogen functional groups attached to an aromatic ring is 1. The average Bonchev–Trinajstić information content (AvgIpc) is 2.61. The van der Waals surface area contributed by atoms with Gasteiger partial charge in [0, 0.05) is 19.3 Å². The van der Waals surface area contributed by atoms with Crippen LogP contribution in [0.15, 0.2) is 12.3 Å². The Bertz CT molecular complexity index is 522. The molecule has 0 aromatic carbocycles. The molecular formula is C11H16ClN5. The summed E-state index contributed by atoms with van der Waals surface area (Å²) in [5.74, 6) is 0.485. The van der Waals surface area contributed by atoms with E-state index in [0.717, 1.165) is 30.8 Å². The molecule has 0 unspecified atom stereocenters. The molecule has 2 heterocycles. The third-order valence-electron chi connectivity index (χ3n) is 2.83. The van der Waals surface area contributed by atoms with Gasteiger partial charge in [-0.1, -0.05) is 18.5 Å². The highest BCUT2D eigenvalue weighted by molar-refractivity contribution is 6.31. The molecule has 0 radical (unpaired) electrons. The molecule has 0 aliphatic heterocycles. The molecule has 2 N–H and O–H groups in total. The Kier molecular flexibility index (Phi) is 3.49. The lowest BCUT2D eigenvalue weighted by Gasteiger charge is -2.14. The van der Waals surface area contributed by atoms with Crippen LogP contribution in [0.5, 0.6) is 0 Å². The number of nitrogens with zero attached hydrogens (tertiary/aromatic N) is 4. The summed E-state index contributed by atoms with van der Waals surface area (Å²) in [6.45, 7) is 4.82. The van der Waals surface area contributed by atoms with E-state index in [1.54, 1.807) is 12.3 Å². The van der Waals surface area contributed by atoms with E-state index in [0.29, 0.717) is 11.0 Å². The lowest BCUT2D eigenvalue weighted by molar-refractivity contribution is 0.338. The fraction of sp³-hybridized carbons (Fsp3) is 0.455. The summed E-state index contributed by atoms with van der Waals surface area (Å²) in [6, 6.07) is 1.78. The normalized spacial score (nSPS) is 11.5. The zero-order valence-corrected chi connectivity index (χ0v) is 10.8. The number of pyridine rings is 1. The molecule has 2 rings (SSSR count). The van der Waals surface area contributed by atoms with E-state index < -0.39 is 0 Å². The SMILES string of the molecule is CCN(C)CCn1c(N)nc2cc(Cl)cnc21. The smallest absolute Gasteiger partial charge is 0.202 e. The maximum absolute atomic E-state index is 5.88. The Morgan fingerprint density at radius 2 is 2.29 bits per heavy atom. The van der Waals surface area contributed by atoms with Crippen LogP contribution in [-0.4, -0.2) is 39.6 Å². The second kappa shape index (κ2) is 4.89. The molecule has 2 aromatic heterocycles. The Morgan fingerprint density at radius 1 is 1.53 bits per heavy atom. The number of anilines is 1. The van der Waals surface area contributed by atoms with E-state index in [4.69, 9.17) is 17.3 Å². The van der Waals surface area contributed by atoms with E-state index in [2.05, 4.69) is 28.8 Å². The van der Waals surface area contributed by atoms with Gasteiger partial charge in [-0.05, 0) is 19.7 Å². The maximum atomic E-state index is 5.88. The van der Waals surface area contributed by atoms with Crippen molar-refractivity contribution in [1.82, 2.24) is 19.4 Å². The first-order chi connectivity index (χ1) is 8.11. The number of fused-ring (bicyclic) bond motifs is 1. The molecule has 0 aliphatic rings. The molecule has 17 heavy (non-hydrogen) atoms. The maximum Gasteiger partial charge on any atom is 0.202 e.